The Balaban J connectivity index is 1.53. The molecule has 6 bridgehead atoms. The van der Waals surface area contributed by atoms with Gasteiger partial charge >= 0.3 is 0 Å². The molecule has 3 aliphatic rings. The standard InChI is InChI=1S/C31H40ClN7O3/c1-37(2)30(40)23-18-22-10-11-25(23)34-29-24(32)20-33-31(36-29)35-26-17-21(9-7-5-6-8-16-42-22)27(19-28(26)41-4)39-14-12-38(3)13-15-39/h10-11,17-20H,5-9,12-16H2,1-4H3,(H2,33,34,35,36). The van der Waals surface area contributed by atoms with Gasteiger partial charge in [-0.2, -0.15) is 4.98 Å². The van der Waals surface area contributed by atoms with E-state index in [4.69, 9.17) is 21.1 Å². The van der Waals surface area contributed by atoms with Gasteiger partial charge in [-0.1, -0.05) is 24.4 Å². The van der Waals surface area contributed by atoms with Crippen molar-refractivity contribution in [3.8, 4) is 11.5 Å². The molecule has 0 radical (unpaired) electrons. The Morgan fingerprint density at radius 1 is 1.02 bits per heavy atom. The lowest BCUT2D eigenvalue weighted by molar-refractivity contribution is 0.0828. The van der Waals surface area contributed by atoms with Gasteiger partial charge in [-0.3, -0.25) is 4.79 Å². The molecule has 11 heteroatoms. The van der Waals surface area contributed by atoms with Gasteiger partial charge in [0.15, 0.2) is 5.82 Å². The van der Waals surface area contributed by atoms with E-state index in [1.54, 1.807) is 33.5 Å². The van der Waals surface area contributed by atoms with Crippen molar-refractivity contribution in [2.75, 3.05) is 76.6 Å². The average molecular weight is 594 g/mol. The number of halogens is 1. The molecule has 6 rings (SSSR count). The number of methoxy groups -OCH3 is 1. The van der Waals surface area contributed by atoms with E-state index in [1.165, 1.54) is 16.2 Å². The normalized spacial score (nSPS) is 16.3. The molecule has 1 aromatic heterocycles. The summed E-state index contributed by atoms with van der Waals surface area (Å²) in [5.41, 5.74) is 4.32. The number of aromatic nitrogens is 2. The molecule has 1 amide bonds. The summed E-state index contributed by atoms with van der Waals surface area (Å²) in [6, 6.07) is 9.74. The highest BCUT2D eigenvalue weighted by Crippen LogP contribution is 2.37. The number of amides is 1. The van der Waals surface area contributed by atoms with Crippen molar-refractivity contribution in [2.45, 2.75) is 32.1 Å². The minimum absolute atomic E-state index is 0.157. The fourth-order valence-electron chi connectivity index (χ4n) is 5.29. The summed E-state index contributed by atoms with van der Waals surface area (Å²) in [6.07, 6.45) is 6.65. The largest absolute Gasteiger partial charge is 0.494 e. The Bertz CT molecular complexity index is 1410. The van der Waals surface area contributed by atoms with Crippen molar-refractivity contribution >= 4 is 46.3 Å². The van der Waals surface area contributed by atoms with E-state index in [9.17, 15) is 4.79 Å². The van der Waals surface area contributed by atoms with E-state index in [0.29, 0.717) is 40.4 Å². The minimum atomic E-state index is -0.157. The molecule has 0 aliphatic carbocycles. The number of likely N-dealkylation sites (N-methyl/N-ethyl adjacent to an activating group) is 1. The monoisotopic (exact) mass is 593 g/mol. The topological polar surface area (TPSA) is 95.1 Å². The molecule has 0 spiro atoms. The van der Waals surface area contributed by atoms with E-state index in [2.05, 4.69) is 49.6 Å². The lowest BCUT2D eigenvalue weighted by atomic mass is 10.0. The zero-order valence-electron chi connectivity index (χ0n) is 24.9. The van der Waals surface area contributed by atoms with Gasteiger partial charge in [0.2, 0.25) is 5.95 Å². The van der Waals surface area contributed by atoms with Gasteiger partial charge < -0.3 is 34.8 Å². The number of carbonyl (C=O) groups excluding carboxylic acids is 1. The number of hydrogen-bond acceptors (Lipinski definition) is 9. The van der Waals surface area contributed by atoms with Crippen LogP contribution in [-0.2, 0) is 6.42 Å². The van der Waals surface area contributed by atoms with Crippen LogP contribution in [-0.4, -0.2) is 86.7 Å². The van der Waals surface area contributed by atoms with Gasteiger partial charge in [0.1, 0.15) is 16.5 Å². The maximum Gasteiger partial charge on any atom is 0.255 e. The summed E-state index contributed by atoms with van der Waals surface area (Å²) >= 11 is 6.52. The van der Waals surface area contributed by atoms with Crippen LogP contribution in [0.3, 0.4) is 0 Å². The maximum atomic E-state index is 13.1. The Hall–Kier alpha value is -3.76. The van der Waals surface area contributed by atoms with Crippen LogP contribution in [0.1, 0.15) is 41.6 Å². The third-order valence-electron chi connectivity index (χ3n) is 7.73. The molecule has 1 fully saturated rings. The lowest BCUT2D eigenvalue weighted by Gasteiger charge is -2.35. The van der Waals surface area contributed by atoms with Crippen LogP contribution < -0.4 is 25.0 Å². The van der Waals surface area contributed by atoms with Crippen molar-refractivity contribution in [1.82, 2.24) is 19.8 Å². The van der Waals surface area contributed by atoms with Crippen molar-refractivity contribution in [1.29, 1.82) is 0 Å². The van der Waals surface area contributed by atoms with Gasteiger partial charge in [0.05, 0.1) is 36.9 Å². The second-order valence-electron chi connectivity index (χ2n) is 11.0. The summed E-state index contributed by atoms with van der Waals surface area (Å²) < 4.78 is 11.9. The fourth-order valence-corrected chi connectivity index (χ4v) is 5.42. The van der Waals surface area contributed by atoms with Gasteiger partial charge in [0.25, 0.3) is 5.91 Å². The van der Waals surface area contributed by atoms with Crippen LogP contribution in [0.25, 0.3) is 0 Å². The number of nitrogens with one attached hydrogen (secondary N) is 2. The first kappa shape index (κ1) is 29.7. The summed E-state index contributed by atoms with van der Waals surface area (Å²) in [7, 11) is 7.29. The van der Waals surface area contributed by atoms with E-state index in [0.717, 1.165) is 69.7 Å². The molecule has 0 saturated carbocycles. The van der Waals surface area contributed by atoms with E-state index < -0.39 is 0 Å². The fraction of sp³-hybridized carbons (Fsp3) is 0.452. The number of piperazine rings is 1. The highest BCUT2D eigenvalue weighted by atomic mass is 35.5. The van der Waals surface area contributed by atoms with Crippen LogP contribution in [0, 0.1) is 0 Å². The average Bonchev–Trinajstić information content (AvgIpc) is 2.98. The molecular formula is C31H40ClN7O3. The first-order chi connectivity index (χ1) is 20.3. The van der Waals surface area contributed by atoms with Gasteiger partial charge in [-0.25, -0.2) is 4.98 Å². The first-order valence-corrected chi connectivity index (χ1v) is 14.9. The highest BCUT2D eigenvalue weighted by Gasteiger charge is 2.21. The zero-order chi connectivity index (χ0) is 29.6. The number of carbonyl (C=O) groups is 1. The van der Waals surface area contributed by atoms with Crippen molar-refractivity contribution in [2.24, 2.45) is 0 Å². The zero-order valence-corrected chi connectivity index (χ0v) is 25.6. The summed E-state index contributed by atoms with van der Waals surface area (Å²) in [4.78, 5) is 28.5. The second kappa shape index (κ2) is 13.5. The van der Waals surface area contributed by atoms with Crippen LogP contribution in [0.4, 0.5) is 28.8 Å². The number of benzene rings is 2. The van der Waals surface area contributed by atoms with Gasteiger partial charge in [-0.15, -0.1) is 0 Å². The number of nitrogens with zero attached hydrogens (tertiary/aromatic N) is 5. The molecule has 1 saturated heterocycles. The lowest BCUT2D eigenvalue weighted by Crippen LogP contribution is -2.44. The maximum absolute atomic E-state index is 13.1. The number of rotatable bonds is 3. The van der Waals surface area contributed by atoms with Crippen LogP contribution >= 0.6 is 11.6 Å². The Morgan fingerprint density at radius 2 is 1.81 bits per heavy atom. The van der Waals surface area contributed by atoms with Gasteiger partial charge in [-0.05, 0) is 56.1 Å². The molecule has 224 valence electrons. The number of fused-ring (bicyclic) bond motifs is 8. The summed E-state index contributed by atoms with van der Waals surface area (Å²) in [5, 5.41) is 6.94. The molecule has 3 aliphatic heterocycles. The molecule has 2 aromatic carbocycles. The molecule has 2 N–H and O–H groups in total. The molecule has 42 heavy (non-hydrogen) atoms. The number of aryl methyl sites for hydroxylation is 1. The molecule has 4 heterocycles. The SMILES string of the molecule is COc1cc(N2CCN(C)CC2)c2cc1Nc1ncc(Cl)c(n1)Nc1ccc(cc1C(=O)N(C)C)OCCCCCC2. The molecular weight excluding hydrogens is 554 g/mol. The smallest absolute Gasteiger partial charge is 0.255 e. The molecule has 10 nitrogen and oxygen atoms in total. The Labute approximate surface area is 253 Å². The first-order valence-electron chi connectivity index (χ1n) is 14.5. The van der Waals surface area contributed by atoms with Crippen LogP contribution in [0.2, 0.25) is 5.02 Å². The predicted molar refractivity (Wildman–Crippen MR) is 168 cm³/mol. The summed E-state index contributed by atoms with van der Waals surface area (Å²) in [6.45, 7) is 4.60. The van der Waals surface area contributed by atoms with Crippen molar-refractivity contribution in [3.05, 3.63) is 52.7 Å². The third kappa shape index (κ3) is 6.99. The summed E-state index contributed by atoms with van der Waals surface area (Å²) in [5.74, 6) is 1.95. The predicted octanol–water partition coefficient (Wildman–Crippen LogP) is 5.57. The van der Waals surface area contributed by atoms with E-state index in [1.807, 2.05) is 12.1 Å². The van der Waals surface area contributed by atoms with Crippen LogP contribution in [0.15, 0.2) is 36.5 Å². The van der Waals surface area contributed by atoms with Crippen LogP contribution in [0.5, 0.6) is 11.5 Å². The molecule has 0 unspecified atom stereocenters. The molecule has 3 aromatic rings. The van der Waals surface area contributed by atoms with E-state index in [-0.39, 0.29) is 5.91 Å². The molecule has 0 atom stereocenters. The Morgan fingerprint density at radius 3 is 2.57 bits per heavy atom. The van der Waals surface area contributed by atoms with Gasteiger partial charge in [0, 0.05) is 52.0 Å². The number of ether oxygens (including phenoxy) is 2. The Kier molecular flexibility index (Phi) is 9.54. The number of hydrogen-bond donors (Lipinski definition) is 2. The second-order valence-corrected chi connectivity index (χ2v) is 11.4. The quantitative estimate of drug-likeness (QED) is 0.404. The minimum Gasteiger partial charge on any atom is -0.494 e. The number of anilines is 5. The van der Waals surface area contributed by atoms with E-state index >= 15 is 0 Å². The van der Waals surface area contributed by atoms with Crippen molar-refractivity contribution < 1.29 is 14.3 Å². The van der Waals surface area contributed by atoms with Crippen molar-refractivity contribution in [3.63, 3.8) is 0 Å². The third-order valence-corrected chi connectivity index (χ3v) is 8.00. The highest BCUT2D eigenvalue weighted by molar-refractivity contribution is 6.33.